The number of carbonyl (C=O) groups excluding carboxylic acids is 2. The van der Waals surface area contributed by atoms with E-state index in [1.165, 1.54) is 0 Å². The van der Waals surface area contributed by atoms with Gasteiger partial charge in [0.05, 0.1) is 5.41 Å². The van der Waals surface area contributed by atoms with E-state index in [0.717, 1.165) is 24.8 Å². The van der Waals surface area contributed by atoms with Gasteiger partial charge < -0.3 is 11.1 Å². The summed E-state index contributed by atoms with van der Waals surface area (Å²) in [7, 11) is 0. The molecular formula is C18H18N2O2. The first-order chi connectivity index (χ1) is 10.6. The molecule has 0 unspecified atom stereocenters. The molecule has 1 saturated carbocycles. The summed E-state index contributed by atoms with van der Waals surface area (Å²) in [6.45, 7) is 0. The number of amides is 2. The third-order valence-corrected chi connectivity index (χ3v) is 4.40. The molecule has 0 bridgehead atoms. The molecule has 112 valence electrons. The zero-order valence-corrected chi connectivity index (χ0v) is 12.2. The van der Waals surface area contributed by atoms with Gasteiger partial charge in [-0.15, -0.1) is 0 Å². The van der Waals surface area contributed by atoms with E-state index in [-0.39, 0.29) is 5.91 Å². The van der Waals surface area contributed by atoms with Crippen molar-refractivity contribution in [2.75, 3.05) is 5.32 Å². The number of nitrogens with one attached hydrogen (secondary N) is 1. The van der Waals surface area contributed by atoms with Crippen LogP contribution in [0, 0.1) is 0 Å². The Hall–Kier alpha value is -2.62. The van der Waals surface area contributed by atoms with Crippen LogP contribution in [-0.4, -0.2) is 11.8 Å². The average Bonchev–Trinajstić information content (AvgIpc) is 2.48. The van der Waals surface area contributed by atoms with Gasteiger partial charge in [-0.2, -0.15) is 0 Å². The summed E-state index contributed by atoms with van der Waals surface area (Å²) in [5, 5.41) is 2.96. The quantitative estimate of drug-likeness (QED) is 0.910. The van der Waals surface area contributed by atoms with Crippen molar-refractivity contribution in [3.05, 3.63) is 65.7 Å². The Balaban J connectivity index is 1.80. The first-order valence-electron chi connectivity index (χ1n) is 7.39. The smallest absolute Gasteiger partial charge is 0.248 e. The highest BCUT2D eigenvalue weighted by Gasteiger charge is 2.45. The second-order valence-electron chi connectivity index (χ2n) is 5.70. The molecule has 0 saturated heterocycles. The predicted molar refractivity (Wildman–Crippen MR) is 85.6 cm³/mol. The minimum Gasteiger partial charge on any atom is -0.366 e. The Bertz CT molecular complexity index is 689. The molecule has 2 amide bonds. The lowest BCUT2D eigenvalue weighted by atomic mass is 9.64. The van der Waals surface area contributed by atoms with Gasteiger partial charge in [0.15, 0.2) is 0 Å². The van der Waals surface area contributed by atoms with Gasteiger partial charge in [0.2, 0.25) is 11.8 Å². The highest BCUT2D eigenvalue weighted by molar-refractivity contribution is 6.00. The van der Waals surface area contributed by atoms with Crippen molar-refractivity contribution >= 4 is 17.5 Å². The van der Waals surface area contributed by atoms with E-state index in [2.05, 4.69) is 5.32 Å². The van der Waals surface area contributed by atoms with Crippen LogP contribution in [0.3, 0.4) is 0 Å². The Kier molecular flexibility index (Phi) is 3.67. The third kappa shape index (κ3) is 2.48. The topological polar surface area (TPSA) is 72.2 Å². The van der Waals surface area contributed by atoms with E-state index in [1.807, 2.05) is 30.3 Å². The normalized spacial score (nSPS) is 15.6. The summed E-state index contributed by atoms with van der Waals surface area (Å²) in [6, 6.07) is 16.5. The Morgan fingerprint density at radius 2 is 1.59 bits per heavy atom. The van der Waals surface area contributed by atoms with E-state index in [0.29, 0.717) is 11.3 Å². The SMILES string of the molecule is NC(=O)c1ccc(NC(=O)C2(c3ccccc3)CCC2)cc1. The number of nitrogens with two attached hydrogens (primary N) is 1. The molecule has 3 rings (SSSR count). The van der Waals surface area contributed by atoms with Crippen molar-refractivity contribution in [1.82, 2.24) is 0 Å². The summed E-state index contributed by atoms with van der Waals surface area (Å²) >= 11 is 0. The minimum atomic E-state index is -0.474. The fourth-order valence-electron chi connectivity index (χ4n) is 2.90. The summed E-state index contributed by atoms with van der Waals surface area (Å²) in [5.41, 5.74) is 6.96. The van der Waals surface area contributed by atoms with Gasteiger partial charge in [-0.05, 0) is 42.7 Å². The molecule has 0 atom stereocenters. The van der Waals surface area contributed by atoms with Crippen molar-refractivity contribution in [2.45, 2.75) is 24.7 Å². The number of primary amides is 1. The fraction of sp³-hybridized carbons (Fsp3) is 0.222. The molecule has 4 nitrogen and oxygen atoms in total. The van der Waals surface area contributed by atoms with Gasteiger partial charge in [-0.1, -0.05) is 36.8 Å². The lowest BCUT2D eigenvalue weighted by Gasteiger charge is -2.40. The number of anilines is 1. The molecule has 0 heterocycles. The molecule has 1 aliphatic carbocycles. The first kappa shape index (κ1) is 14.3. The molecule has 0 spiro atoms. The molecule has 22 heavy (non-hydrogen) atoms. The van der Waals surface area contributed by atoms with Crippen LogP contribution in [0.4, 0.5) is 5.69 Å². The predicted octanol–water partition coefficient (Wildman–Crippen LogP) is 2.85. The first-order valence-corrected chi connectivity index (χ1v) is 7.39. The second kappa shape index (κ2) is 5.64. The van der Waals surface area contributed by atoms with Crippen LogP contribution in [0.2, 0.25) is 0 Å². The van der Waals surface area contributed by atoms with Crippen LogP contribution < -0.4 is 11.1 Å². The van der Waals surface area contributed by atoms with Crippen molar-refractivity contribution in [3.8, 4) is 0 Å². The lowest BCUT2D eigenvalue weighted by molar-refractivity contribution is -0.124. The van der Waals surface area contributed by atoms with Gasteiger partial charge in [0.1, 0.15) is 0 Å². The van der Waals surface area contributed by atoms with Crippen LogP contribution in [0.5, 0.6) is 0 Å². The maximum atomic E-state index is 12.7. The van der Waals surface area contributed by atoms with Gasteiger partial charge >= 0.3 is 0 Å². The van der Waals surface area contributed by atoms with Gasteiger partial charge in [0.25, 0.3) is 0 Å². The zero-order chi connectivity index (χ0) is 15.6. The maximum absolute atomic E-state index is 12.7. The Morgan fingerprint density at radius 1 is 0.955 bits per heavy atom. The summed E-state index contributed by atoms with van der Waals surface area (Å²) in [4.78, 5) is 23.8. The van der Waals surface area contributed by atoms with Crippen LogP contribution in [0.25, 0.3) is 0 Å². The number of carbonyl (C=O) groups is 2. The number of hydrogen-bond acceptors (Lipinski definition) is 2. The van der Waals surface area contributed by atoms with Gasteiger partial charge in [0, 0.05) is 11.3 Å². The van der Waals surface area contributed by atoms with Crippen LogP contribution in [0.15, 0.2) is 54.6 Å². The average molecular weight is 294 g/mol. The van der Waals surface area contributed by atoms with Gasteiger partial charge in [-0.25, -0.2) is 0 Å². The van der Waals surface area contributed by atoms with Crippen molar-refractivity contribution in [1.29, 1.82) is 0 Å². The molecule has 0 radical (unpaired) electrons. The monoisotopic (exact) mass is 294 g/mol. The summed E-state index contributed by atoms with van der Waals surface area (Å²) < 4.78 is 0. The molecule has 0 aliphatic heterocycles. The Morgan fingerprint density at radius 3 is 2.09 bits per heavy atom. The molecule has 0 aromatic heterocycles. The van der Waals surface area contributed by atoms with Gasteiger partial charge in [-0.3, -0.25) is 9.59 Å². The van der Waals surface area contributed by atoms with Crippen molar-refractivity contribution < 1.29 is 9.59 Å². The third-order valence-electron chi connectivity index (χ3n) is 4.40. The lowest BCUT2D eigenvalue weighted by Crippen LogP contribution is -2.45. The number of benzene rings is 2. The molecular weight excluding hydrogens is 276 g/mol. The van der Waals surface area contributed by atoms with E-state index in [4.69, 9.17) is 5.73 Å². The summed E-state index contributed by atoms with van der Waals surface area (Å²) in [6.07, 6.45) is 2.79. The standard InChI is InChI=1S/C18H18N2O2/c19-16(21)13-7-9-15(10-8-13)20-17(22)18(11-4-12-18)14-5-2-1-3-6-14/h1-3,5-10H,4,11-12H2,(H2,19,21)(H,20,22). The molecule has 2 aromatic carbocycles. The highest BCUT2D eigenvalue weighted by atomic mass is 16.2. The number of rotatable bonds is 4. The fourth-order valence-corrected chi connectivity index (χ4v) is 2.90. The van der Waals surface area contributed by atoms with Crippen LogP contribution >= 0.6 is 0 Å². The Labute approximate surface area is 129 Å². The largest absolute Gasteiger partial charge is 0.366 e. The number of hydrogen-bond donors (Lipinski definition) is 2. The van der Waals surface area contributed by atoms with Crippen molar-refractivity contribution in [2.24, 2.45) is 5.73 Å². The second-order valence-corrected chi connectivity index (χ2v) is 5.70. The summed E-state index contributed by atoms with van der Waals surface area (Å²) in [5.74, 6) is -0.464. The molecule has 3 N–H and O–H groups in total. The van der Waals surface area contributed by atoms with Crippen molar-refractivity contribution in [3.63, 3.8) is 0 Å². The van der Waals surface area contributed by atoms with E-state index >= 15 is 0 Å². The molecule has 1 aliphatic rings. The van der Waals surface area contributed by atoms with Crippen LogP contribution in [-0.2, 0) is 10.2 Å². The molecule has 4 heteroatoms. The minimum absolute atomic E-state index is 0.0109. The zero-order valence-electron chi connectivity index (χ0n) is 12.2. The highest BCUT2D eigenvalue weighted by Crippen LogP contribution is 2.44. The molecule has 2 aromatic rings. The van der Waals surface area contributed by atoms with Crippen LogP contribution in [0.1, 0.15) is 35.2 Å². The molecule has 1 fully saturated rings. The van der Waals surface area contributed by atoms with E-state index in [9.17, 15) is 9.59 Å². The maximum Gasteiger partial charge on any atom is 0.248 e. The van der Waals surface area contributed by atoms with E-state index < -0.39 is 11.3 Å². The van der Waals surface area contributed by atoms with E-state index in [1.54, 1.807) is 24.3 Å².